The van der Waals surface area contributed by atoms with Gasteiger partial charge in [0.2, 0.25) is 5.91 Å². The summed E-state index contributed by atoms with van der Waals surface area (Å²) < 4.78 is 30.4. The molecule has 0 bridgehead atoms. The van der Waals surface area contributed by atoms with Crippen molar-refractivity contribution in [1.29, 1.82) is 0 Å². The maximum absolute atomic E-state index is 13.6. The van der Waals surface area contributed by atoms with Gasteiger partial charge in [-0.15, -0.1) is 0 Å². The smallest absolute Gasteiger partial charge is 0.306 e. The van der Waals surface area contributed by atoms with Gasteiger partial charge in [-0.1, -0.05) is 302 Å². The molecule has 3 unspecified atom stereocenters. The van der Waals surface area contributed by atoms with Gasteiger partial charge in [0.1, 0.15) is 19.3 Å². The van der Waals surface area contributed by atoms with Crippen LogP contribution in [-0.4, -0.2) is 69.4 Å². The van der Waals surface area contributed by atoms with Crippen molar-refractivity contribution in [1.82, 2.24) is 5.32 Å². The second-order valence-corrected chi connectivity index (χ2v) is 26.1. The quantitative estimate of drug-likeness (QED) is 0.0212. The fraction of sp³-hybridized carbons (Fsp3) is 0.884. The van der Waals surface area contributed by atoms with Gasteiger partial charge in [-0.25, -0.2) is 0 Å². The lowest BCUT2D eigenvalue weighted by Crippen LogP contribution is -2.47. The monoisotopic (exact) mass is 1130 g/mol. The van der Waals surface area contributed by atoms with Crippen molar-refractivity contribution >= 4 is 19.7 Å². The number of phosphoric ester groups is 1. The molecule has 0 aromatic carbocycles. The van der Waals surface area contributed by atoms with Gasteiger partial charge in [-0.05, 0) is 63.9 Å². The average Bonchev–Trinajstić information content (AvgIpc) is 3.41. The van der Waals surface area contributed by atoms with Crippen molar-refractivity contribution in [3.63, 3.8) is 0 Å². The molecule has 0 fully saturated rings. The average molecular weight is 1130 g/mol. The standard InChI is InChI=1S/C69H133N2O7P/c1-7-10-13-16-19-22-25-28-30-32-33-34-35-36-37-39-41-44-47-50-53-56-59-62-69(73)78-67(60-57-54-51-48-45-42-27-24-21-18-15-12-9-3)66(65-77-79(74,75)76-64-63-71(4,5)6)70-68(72)61-58-55-52-49-46-43-40-38-31-29-26-23-20-17-14-11-8-2/h19,22,28,30,57,60,66-67H,7-18,20-21,23-27,29,31-56,58-59,61-65H2,1-6H3,(H-,70,72,74,75)/b22-19-,30-28-,60-57+. The van der Waals surface area contributed by atoms with Gasteiger partial charge in [0.15, 0.2) is 0 Å². The third-order valence-electron chi connectivity index (χ3n) is 15.6. The first-order valence-electron chi connectivity index (χ1n) is 34.3. The third-order valence-corrected chi connectivity index (χ3v) is 16.5. The third kappa shape index (κ3) is 60.6. The molecule has 0 rings (SSSR count). The predicted molar refractivity (Wildman–Crippen MR) is 340 cm³/mol. The maximum Gasteiger partial charge on any atom is 0.306 e. The van der Waals surface area contributed by atoms with Crippen LogP contribution >= 0.6 is 7.82 Å². The Morgan fingerprint density at radius 2 is 0.772 bits per heavy atom. The summed E-state index contributed by atoms with van der Waals surface area (Å²) in [4.78, 5) is 40.1. The highest BCUT2D eigenvalue weighted by Crippen LogP contribution is 2.38. The summed E-state index contributed by atoms with van der Waals surface area (Å²) in [6, 6.07) is -0.884. The molecule has 0 aromatic heterocycles. The van der Waals surface area contributed by atoms with E-state index in [2.05, 4.69) is 50.4 Å². The van der Waals surface area contributed by atoms with E-state index >= 15 is 0 Å². The zero-order valence-corrected chi connectivity index (χ0v) is 54.2. The summed E-state index contributed by atoms with van der Waals surface area (Å²) in [5.74, 6) is -0.522. The molecule has 0 aliphatic carbocycles. The second kappa shape index (κ2) is 59.4. The zero-order chi connectivity index (χ0) is 57.9. The molecule has 1 amide bonds. The Balaban J connectivity index is 5.12. The SMILES string of the molecule is CCCCC/C=C\C/C=C\CCCCCCCCCCCCCCCC(=O)OC(/C=C/CCCCCCCCCCCCC)C(COP(=O)([O-])OCC[N+](C)(C)C)NC(=O)CCCCCCCCCCCCCCCCCCC. The van der Waals surface area contributed by atoms with Crippen LogP contribution in [-0.2, 0) is 27.9 Å². The van der Waals surface area contributed by atoms with Crippen molar-refractivity contribution in [3.05, 3.63) is 36.5 Å². The Bertz CT molecular complexity index is 1450. The Labute approximate surface area is 491 Å². The molecular weight excluding hydrogens is 1000 g/mol. The number of ether oxygens (including phenoxy) is 1. The number of quaternary nitrogens is 1. The maximum atomic E-state index is 13.6. The Kier molecular flexibility index (Phi) is 58.1. The molecule has 0 saturated heterocycles. The minimum absolute atomic E-state index is 0.0192. The summed E-state index contributed by atoms with van der Waals surface area (Å²) >= 11 is 0. The van der Waals surface area contributed by atoms with E-state index in [1.54, 1.807) is 0 Å². The van der Waals surface area contributed by atoms with Gasteiger partial charge in [0, 0.05) is 12.8 Å². The molecule has 1 N–H and O–H groups in total. The number of allylic oxidation sites excluding steroid dienone is 5. The lowest BCUT2D eigenvalue weighted by Gasteiger charge is -2.30. The number of carbonyl (C=O) groups excluding carboxylic acids is 2. The zero-order valence-electron chi connectivity index (χ0n) is 53.3. The van der Waals surface area contributed by atoms with E-state index in [0.717, 1.165) is 64.2 Å². The second-order valence-electron chi connectivity index (χ2n) is 24.7. The van der Waals surface area contributed by atoms with E-state index in [4.69, 9.17) is 13.8 Å². The van der Waals surface area contributed by atoms with Crippen LogP contribution in [0.3, 0.4) is 0 Å². The van der Waals surface area contributed by atoms with Crippen LogP contribution < -0.4 is 10.2 Å². The molecule has 0 saturated carbocycles. The molecular formula is C69H133N2O7P. The molecule has 0 radical (unpaired) electrons. The number of phosphoric acid groups is 1. The molecule has 0 spiro atoms. The highest BCUT2D eigenvalue weighted by atomic mass is 31.2. The number of nitrogens with zero attached hydrogens (tertiary/aromatic N) is 1. The molecule has 3 atom stereocenters. The summed E-state index contributed by atoms with van der Waals surface area (Å²) in [6.45, 7) is 6.88. The van der Waals surface area contributed by atoms with Crippen molar-refractivity contribution in [2.45, 2.75) is 354 Å². The van der Waals surface area contributed by atoms with Crippen LogP contribution in [0.1, 0.15) is 342 Å². The predicted octanol–water partition coefficient (Wildman–Crippen LogP) is 20.8. The molecule has 466 valence electrons. The van der Waals surface area contributed by atoms with Crippen LogP contribution in [0.25, 0.3) is 0 Å². The minimum Gasteiger partial charge on any atom is -0.756 e. The minimum atomic E-state index is -4.70. The van der Waals surface area contributed by atoms with Gasteiger partial charge >= 0.3 is 5.97 Å². The number of carbonyl (C=O) groups is 2. The number of amides is 1. The van der Waals surface area contributed by atoms with Gasteiger partial charge in [-0.3, -0.25) is 14.2 Å². The van der Waals surface area contributed by atoms with E-state index in [1.807, 2.05) is 33.3 Å². The number of nitrogens with one attached hydrogen (secondary N) is 1. The lowest BCUT2D eigenvalue weighted by atomic mass is 10.0. The Morgan fingerprint density at radius 3 is 1.16 bits per heavy atom. The highest BCUT2D eigenvalue weighted by Gasteiger charge is 2.27. The largest absolute Gasteiger partial charge is 0.756 e. The normalized spacial score (nSPS) is 13.8. The van der Waals surface area contributed by atoms with Crippen LogP contribution in [0.2, 0.25) is 0 Å². The Morgan fingerprint density at radius 1 is 0.443 bits per heavy atom. The number of rotatable bonds is 63. The van der Waals surface area contributed by atoms with Crippen LogP contribution in [0.4, 0.5) is 0 Å². The van der Waals surface area contributed by atoms with Crippen LogP contribution in [0.15, 0.2) is 36.5 Å². The van der Waals surface area contributed by atoms with Gasteiger partial charge in [0.25, 0.3) is 7.82 Å². The number of hydrogen-bond donors (Lipinski definition) is 1. The Hall–Kier alpha value is -1.77. The molecule has 0 aliphatic rings. The van der Waals surface area contributed by atoms with Crippen LogP contribution in [0, 0.1) is 0 Å². The van der Waals surface area contributed by atoms with Crippen LogP contribution in [0.5, 0.6) is 0 Å². The van der Waals surface area contributed by atoms with Crippen molar-refractivity contribution in [3.8, 4) is 0 Å². The molecule has 79 heavy (non-hydrogen) atoms. The van der Waals surface area contributed by atoms with Crippen molar-refractivity contribution < 1.29 is 37.3 Å². The molecule has 0 heterocycles. The van der Waals surface area contributed by atoms with E-state index in [1.165, 1.54) is 244 Å². The summed E-state index contributed by atoms with van der Waals surface area (Å²) in [5, 5.41) is 3.05. The van der Waals surface area contributed by atoms with E-state index < -0.39 is 20.0 Å². The molecule has 9 nitrogen and oxygen atoms in total. The van der Waals surface area contributed by atoms with E-state index in [9.17, 15) is 19.0 Å². The summed E-state index contributed by atoms with van der Waals surface area (Å²) in [5.41, 5.74) is 0. The first-order valence-corrected chi connectivity index (χ1v) is 35.8. The molecule has 0 aromatic rings. The highest BCUT2D eigenvalue weighted by molar-refractivity contribution is 7.45. The number of hydrogen-bond acceptors (Lipinski definition) is 7. The van der Waals surface area contributed by atoms with Crippen molar-refractivity contribution in [2.24, 2.45) is 0 Å². The summed E-state index contributed by atoms with van der Waals surface area (Å²) in [7, 11) is 1.20. The van der Waals surface area contributed by atoms with Gasteiger partial charge in [-0.2, -0.15) is 0 Å². The number of unbranched alkanes of at least 4 members (excludes halogenated alkanes) is 43. The molecule has 10 heteroatoms. The fourth-order valence-electron chi connectivity index (χ4n) is 10.3. The van der Waals surface area contributed by atoms with Gasteiger partial charge in [0.05, 0.1) is 33.8 Å². The first kappa shape index (κ1) is 77.2. The number of likely N-dealkylation sites (N-methyl/N-ethyl adjacent to an activating group) is 1. The van der Waals surface area contributed by atoms with E-state index in [-0.39, 0.29) is 31.5 Å². The van der Waals surface area contributed by atoms with Gasteiger partial charge < -0.3 is 28.5 Å². The number of esters is 1. The molecule has 0 aliphatic heterocycles. The topological polar surface area (TPSA) is 114 Å². The summed E-state index contributed by atoms with van der Waals surface area (Å²) in [6.07, 6.45) is 72.5. The van der Waals surface area contributed by atoms with E-state index in [0.29, 0.717) is 17.4 Å². The lowest BCUT2D eigenvalue weighted by molar-refractivity contribution is -0.870. The van der Waals surface area contributed by atoms with Crippen molar-refractivity contribution in [2.75, 3.05) is 40.9 Å². The fourth-order valence-corrected chi connectivity index (χ4v) is 11.0. The first-order chi connectivity index (χ1) is 38.4.